The van der Waals surface area contributed by atoms with Gasteiger partial charge in [0.2, 0.25) is 5.91 Å². The summed E-state index contributed by atoms with van der Waals surface area (Å²) in [7, 11) is 0. The summed E-state index contributed by atoms with van der Waals surface area (Å²) in [5, 5.41) is 5.53. The average molecular weight is 385 g/mol. The molecular formula is C20H23N3O5. The first-order chi connectivity index (χ1) is 13.5. The second-order valence-corrected chi connectivity index (χ2v) is 8.14. The van der Waals surface area contributed by atoms with Crippen LogP contribution in [-0.4, -0.2) is 40.6 Å². The van der Waals surface area contributed by atoms with E-state index in [4.69, 9.17) is 9.47 Å². The second kappa shape index (κ2) is 6.12. The summed E-state index contributed by atoms with van der Waals surface area (Å²) in [4.78, 5) is 38.3. The van der Waals surface area contributed by atoms with E-state index in [1.165, 1.54) is 0 Å². The lowest BCUT2D eigenvalue weighted by Gasteiger charge is -2.21. The van der Waals surface area contributed by atoms with Crippen LogP contribution < -0.4 is 20.1 Å². The SMILES string of the molecule is O=C(CN1C(=O)NC2(CCCC2)C1=O)Nc1ccc2c(c1)OC1(CCCC1)O2. The molecule has 4 aliphatic rings. The van der Waals surface area contributed by atoms with Crippen LogP contribution in [0.15, 0.2) is 18.2 Å². The highest BCUT2D eigenvalue weighted by molar-refractivity contribution is 6.10. The van der Waals surface area contributed by atoms with Crippen LogP contribution in [0, 0.1) is 0 Å². The minimum atomic E-state index is -0.800. The molecular weight excluding hydrogens is 362 g/mol. The Morgan fingerprint density at radius 3 is 2.46 bits per heavy atom. The molecule has 148 valence electrons. The Labute approximate surface area is 162 Å². The highest BCUT2D eigenvalue weighted by Crippen LogP contribution is 2.47. The molecule has 2 heterocycles. The maximum atomic E-state index is 12.7. The van der Waals surface area contributed by atoms with Gasteiger partial charge in [-0.25, -0.2) is 4.79 Å². The zero-order valence-corrected chi connectivity index (χ0v) is 15.6. The number of rotatable bonds is 3. The summed E-state index contributed by atoms with van der Waals surface area (Å²) in [6.45, 7) is -0.301. The van der Waals surface area contributed by atoms with E-state index < -0.39 is 23.3 Å². The van der Waals surface area contributed by atoms with E-state index in [0.717, 1.165) is 43.4 Å². The molecule has 2 spiro atoms. The highest BCUT2D eigenvalue weighted by atomic mass is 16.7. The Morgan fingerprint density at radius 1 is 1.04 bits per heavy atom. The van der Waals surface area contributed by atoms with Crippen molar-refractivity contribution in [2.75, 3.05) is 11.9 Å². The third kappa shape index (κ3) is 2.70. The Hall–Kier alpha value is -2.77. The number of hydrogen-bond acceptors (Lipinski definition) is 5. The van der Waals surface area contributed by atoms with Gasteiger partial charge in [-0.2, -0.15) is 0 Å². The molecule has 5 rings (SSSR count). The minimum Gasteiger partial charge on any atom is -0.448 e. The van der Waals surface area contributed by atoms with Gasteiger partial charge in [0.1, 0.15) is 12.1 Å². The predicted octanol–water partition coefficient (Wildman–Crippen LogP) is 2.53. The normalized spacial score (nSPS) is 23.6. The number of amides is 4. The van der Waals surface area contributed by atoms with Crippen molar-refractivity contribution >= 4 is 23.5 Å². The number of ether oxygens (including phenoxy) is 2. The molecule has 0 atom stereocenters. The third-order valence-corrected chi connectivity index (χ3v) is 6.19. The molecule has 2 aliphatic carbocycles. The second-order valence-electron chi connectivity index (χ2n) is 8.14. The van der Waals surface area contributed by atoms with Crippen LogP contribution in [0.4, 0.5) is 10.5 Å². The van der Waals surface area contributed by atoms with Crippen molar-refractivity contribution in [1.29, 1.82) is 0 Å². The molecule has 0 aromatic heterocycles. The molecule has 2 saturated carbocycles. The number of benzene rings is 1. The monoisotopic (exact) mass is 385 g/mol. The quantitative estimate of drug-likeness (QED) is 0.780. The number of carbonyl (C=O) groups is 3. The Morgan fingerprint density at radius 2 is 1.71 bits per heavy atom. The van der Waals surface area contributed by atoms with Crippen LogP contribution in [0.5, 0.6) is 11.5 Å². The standard InChI is InChI=1S/C20H23N3O5/c24-16(12-23-17(25)19(22-18(23)26)7-1-2-8-19)21-13-5-6-14-15(11-13)28-20(27-14)9-3-4-10-20/h5-6,11H,1-4,7-10,12H2,(H,21,24)(H,22,26). The molecule has 4 amide bonds. The van der Waals surface area contributed by atoms with E-state index in [2.05, 4.69) is 10.6 Å². The number of urea groups is 1. The minimum absolute atomic E-state index is 0.293. The lowest BCUT2D eigenvalue weighted by atomic mass is 9.98. The summed E-state index contributed by atoms with van der Waals surface area (Å²) in [6, 6.07) is 4.75. The van der Waals surface area contributed by atoms with Gasteiger partial charge >= 0.3 is 6.03 Å². The highest BCUT2D eigenvalue weighted by Gasteiger charge is 2.52. The van der Waals surface area contributed by atoms with Gasteiger partial charge in [-0.15, -0.1) is 0 Å². The fourth-order valence-electron chi connectivity index (χ4n) is 4.77. The summed E-state index contributed by atoms with van der Waals surface area (Å²) in [5.74, 6) is 0.0180. The number of carbonyl (C=O) groups excluding carboxylic acids is 3. The molecule has 8 nitrogen and oxygen atoms in total. The van der Waals surface area contributed by atoms with Crippen molar-refractivity contribution in [2.24, 2.45) is 0 Å². The van der Waals surface area contributed by atoms with Crippen molar-refractivity contribution in [2.45, 2.75) is 62.7 Å². The number of anilines is 1. The Kier molecular flexibility index (Phi) is 3.79. The van der Waals surface area contributed by atoms with Crippen LogP contribution in [0.25, 0.3) is 0 Å². The van der Waals surface area contributed by atoms with Gasteiger partial charge < -0.3 is 20.1 Å². The first-order valence-electron chi connectivity index (χ1n) is 9.95. The molecule has 0 bridgehead atoms. The zero-order chi connectivity index (χ0) is 19.4. The molecule has 2 N–H and O–H groups in total. The largest absolute Gasteiger partial charge is 0.448 e. The van der Waals surface area contributed by atoms with Crippen LogP contribution in [0.3, 0.4) is 0 Å². The van der Waals surface area contributed by atoms with E-state index in [-0.39, 0.29) is 12.5 Å². The van der Waals surface area contributed by atoms with Gasteiger partial charge in [-0.05, 0) is 37.8 Å². The van der Waals surface area contributed by atoms with Crippen LogP contribution in [0.1, 0.15) is 51.4 Å². The van der Waals surface area contributed by atoms with Crippen molar-refractivity contribution in [3.05, 3.63) is 18.2 Å². The lowest BCUT2D eigenvalue weighted by Crippen LogP contribution is -2.44. The maximum Gasteiger partial charge on any atom is 0.325 e. The van der Waals surface area contributed by atoms with Crippen molar-refractivity contribution in [3.8, 4) is 11.5 Å². The van der Waals surface area contributed by atoms with Crippen LogP contribution in [-0.2, 0) is 9.59 Å². The molecule has 28 heavy (non-hydrogen) atoms. The van der Waals surface area contributed by atoms with Gasteiger partial charge in [0.05, 0.1) is 0 Å². The number of imide groups is 1. The number of nitrogens with one attached hydrogen (secondary N) is 2. The molecule has 0 radical (unpaired) electrons. The number of nitrogens with zero attached hydrogens (tertiary/aromatic N) is 1. The first kappa shape index (κ1) is 17.3. The molecule has 1 aromatic rings. The van der Waals surface area contributed by atoms with Crippen molar-refractivity contribution in [3.63, 3.8) is 0 Å². The summed E-state index contributed by atoms with van der Waals surface area (Å²) in [5.41, 5.74) is -0.254. The molecule has 1 aromatic carbocycles. The number of hydrogen-bond donors (Lipinski definition) is 2. The predicted molar refractivity (Wildman–Crippen MR) is 99.0 cm³/mol. The zero-order valence-electron chi connectivity index (χ0n) is 15.6. The summed E-state index contributed by atoms with van der Waals surface area (Å²) in [6.07, 6.45) is 6.96. The van der Waals surface area contributed by atoms with Gasteiger partial charge in [-0.1, -0.05) is 12.8 Å². The van der Waals surface area contributed by atoms with Crippen LogP contribution >= 0.6 is 0 Å². The van der Waals surface area contributed by atoms with Crippen molar-refractivity contribution in [1.82, 2.24) is 10.2 Å². The smallest absolute Gasteiger partial charge is 0.325 e. The molecule has 3 fully saturated rings. The van der Waals surface area contributed by atoms with Crippen molar-refractivity contribution < 1.29 is 23.9 Å². The number of fused-ring (bicyclic) bond motifs is 1. The van der Waals surface area contributed by atoms with Crippen LogP contribution in [0.2, 0.25) is 0 Å². The van der Waals surface area contributed by atoms with Gasteiger partial charge in [0, 0.05) is 24.6 Å². The third-order valence-electron chi connectivity index (χ3n) is 6.19. The summed E-state index contributed by atoms with van der Waals surface area (Å²) < 4.78 is 12.0. The first-order valence-corrected chi connectivity index (χ1v) is 9.95. The fourth-order valence-corrected chi connectivity index (χ4v) is 4.77. The molecule has 0 unspecified atom stereocenters. The van der Waals surface area contributed by atoms with Gasteiger partial charge in [0.25, 0.3) is 11.7 Å². The molecule has 1 saturated heterocycles. The Bertz CT molecular complexity index is 855. The van der Waals surface area contributed by atoms with E-state index >= 15 is 0 Å². The van der Waals surface area contributed by atoms with Gasteiger partial charge in [-0.3, -0.25) is 14.5 Å². The molecule has 8 heteroatoms. The van der Waals surface area contributed by atoms with E-state index in [9.17, 15) is 14.4 Å². The van der Waals surface area contributed by atoms with E-state index in [1.807, 2.05) is 0 Å². The molecule has 2 aliphatic heterocycles. The Balaban J connectivity index is 1.25. The van der Waals surface area contributed by atoms with E-state index in [1.54, 1.807) is 18.2 Å². The average Bonchev–Trinajstić information content (AvgIpc) is 3.42. The van der Waals surface area contributed by atoms with E-state index in [0.29, 0.717) is 30.0 Å². The topological polar surface area (TPSA) is 97.0 Å². The van der Waals surface area contributed by atoms with Gasteiger partial charge in [0.15, 0.2) is 11.5 Å². The maximum absolute atomic E-state index is 12.7. The summed E-state index contributed by atoms with van der Waals surface area (Å²) >= 11 is 0. The lowest BCUT2D eigenvalue weighted by molar-refractivity contribution is -0.133. The fraction of sp³-hybridized carbons (Fsp3) is 0.550.